The molecule has 2 aromatic rings. The van der Waals surface area contributed by atoms with Gasteiger partial charge in [-0.1, -0.05) is 12.1 Å². The monoisotopic (exact) mass is 343 g/mol. The van der Waals surface area contributed by atoms with Gasteiger partial charge in [0.2, 0.25) is 5.91 Å². The Morgan fingerprint density at radius 3 is 2.67 bits per heavy atom. The van der Waals surface area contributed by atoms with Crippen LogP contribution >= 0.6 is 11.3 Å². The fourth-order valence-electron chi connectivity index (χ4n) is 3.06. The topological polar surface area (TPSA) is 26.8 Å². The van der Waals surface area contributed by atoms with Crippen molar-refractivity contribution in [2.24, 2.45) is 0 Å². The summed E-state index contributed by atoms with van der Waals surface area (Å²) in [5, 5.41) is 4.32. The van der Waals surface area contributed by atoms with Crippen molar-refractivity contribution in [3.63, 3.8) is 0 Å². The van der Waals surface area contributed by atoms with Gasteiger partial charge in [0.05, 0.1) is 6.54 Å². The van der Waals surface area contributed by atoms with Gasteiger partial charge < -0.3 is 9.80 Å². The maximum atomic E-state index is 12.6. The zero-order chi connectivity index (χ0) is 16.9. The molecule has 3 rings (SSSR count). The SMILES string of the molecule is Cc1cccc(N(C)CC(=O)N2CCN(Cc3ccsc3)CC2)c1. The Bertz CT molecular complexity index is 663. The summed E-state index contributed by atoms with van der Waals surface area (Å²) in [6.45, 7) is 7.06. The molecule has 1 aromatic carbocycles. The number of nitrogens with zero attached hydrogens (tertiary/aromatic N) is 3. The number of benzene rings is 1. The van der Waals surface area contributed by atoms with Gasteiger partial charge in [0.1, 0.15) is 0 Å². The number of piperazine rings is 1. The second-order valence-electron chi connectivity index (χ2n) is 6.48. The van der Waals surface area contributed by atoms with Gasteiger partial charge >= 0.3 is 0 Å². The first kappa shape index (κ1) is 17.0. The van der Waals surface area contributed by atoms with Crippen LogP contribution in [0.3, 0.4) is 0 Å². The second-order valence-corrected chi connectivity index (χ2v) is 7.26. The summed E-state index contributed by atoms with van der Waals surface area (Å²) in [4.78, 5) is 19.0. The van der Waals surface area contributed by atoms with E-state index in [1.54, 1.807) is 11.3 Å². The highest BCUT2D eigenvalue weighted by Crippen LogP contribution is 2.15. The van der Waals surface area contributed by atoms with E-state index in [0.717, 1.165) is 38.4 Å². The number of anilines is 1. The van der Waals surface area contributed by atoms with Crippen LogP contribution in [-0.4, -0.2) is 55.5 Å². The minimum absolute atomic E-state index is 0.217. The number of aryl methyl sites for hydroxylation is 1. The van der Waals surface area contributed by atoms with Crippen molar-refractivity contribution in [3.05, 3.63) is 52.2 Å². The van der Waals surface area contributed by atoms with E-state index in [2.05, 4.69) is 46.8 Å². The van der Waals surface area contributed by atoms with E-state index in [9.17, 15) is 4.79 Å². The highest BCUT2D eigenvalue weighted by Gasteiger charge is 2.22. The lowest BCUT2D eigenvalue weighted by Gasteiger charge is -2.35. The van der Waals surface area contributed by atoms with Crippen molar-refractivity contribution in [2.75, 3.05) is 44.7 Å². The molecule has 1 aromatic heterocycles. The molecule has 4 nitrogen and oxygen atoms in total. The predicted molar refractivity (Wildman–Crippen MR) is 101 cm³/mol. The molecule has 128 valence electrons. The molecule has 0 bridgehead atoms. The van der Waals surface area contributed by atoms with Gasteiger partial charge in [0.15, 0.2) is 0 Å². The summed E-state index contributed by atoms with van der Waals surface area (Å²) in [5.41, 5.74) is 3.69. The number of carbonyl (C=O) groups is 1. The molecule has 24 heavy (non-hydrogen) atoms. The van der Waals surface area contributed by atoms with E-state index in [4.69, 9.17) is 0 Å². The molecular formula is C19H25N3OS. The number of rotatable bonds is 5. The average Bonchev–Trinajstić information content (AvgIpc) is 3.08. The number of thiophene rings is 1. The van der Waals surface area contributed by atoms with E-state index in [-0.39, 0.29) is 5.91 Å². The molecule has 1 aliphatic heterocycles. The largest absolute Gasteiger partial charge is 0.365 e. The van der Waals surface area contributed by atoms with Crippen molar-refractivity contribution < 1.29 is 4.79 Å². The first-order valence-electron chi connectivity index (χ1n) is 8.41. The number of amides is 1. The Balaban J connectivity index is 1.48. The fourth-order valence-corrected chi connectivity index (χ4v) is 3.72. The van der Waals surface area contributed by atoms with Crippen LogP contribution in [0.25, 0.3) is 0 Å². The maximum absolute atomic E-state index is 12.6. The van der Waals surface area contributed by atoms with Crippen LogP contribution in [0, 0.1) is 6.92 Å². The highest BCUT2D eigenvalue weighted by atomic mass is 32.1. The standard InChI is InChI=1S/C19H25N3OS/c1-16-4-3-5-18(12-16)20(2)14-19(23)22-9-7-21(8-10-22)13-17-6-11-24-15-17/h3-6,11-12,15H,7-10,13-14H2,1-2H3. The lowest BCUT2D eigenvalue weighted by molar-refractivity contribution is -0.131. The van der Waals surface area contributed by atoms with Gasteiger partial charge in [0, 0.05) is 45.5 Å². The Morgan fingerprint density at radius 2 is 2.00 bits per heavy atom. The van der Waals surface area contributed by atoms with Crippen molar-refractivity contribution in [1.82, 2.24) is 9.80 Å². The minimum Gasteiger partial charge on any atom is -0.365 e. The zero-order valence-electron chi connectivity index (χ0n) is 14.4. The van der Waals surface area contributed by atoms with Gasteiger partial charge in [0.25, 0.3) is 0 Å². The predicted octanol–water partition coefficient (Wildman–Crippen LogP) is 2.84. The van der Waals surface area contributed by atoms with E-state index < -0.39 is 0 Å². The number of hydrogen-bond donors (Lipinski definition) is 0. The zero-order valence-corrected chi connectivity index (χ0v) is 15.3. The molecule has 1 amide bonds. The Kier molecular flexibility index (Phi) is 5.53. The number of likely N-dealkylation sites (N-methyl/N-ethyl adjacent to an activating group) is 1. The third-order valence-corrected chi connectivity index (χ3v) is 5.26. The average molecular weight is 343 g/mol. The van der Waals surface area contributed by atoms with Crippen molar-refractivity contribution >= 4 is 22.9 Å². The quantitative estimate of drug-likeness (QED) is 0.835. The Hall–Kier alpha value is -1.85. The van der Waals surface area contributed by atoms with Gasteiger partial charge in [-0.15, -0.1) is 0 Å². The molecular weight excluding hydrogens is 318 g/mol. The van der Waals surface area contributed by atoms with Gasteiger partial charge in [-0.2, -0.15) is 11.3 Å². The van der Waals surface area contributed by atoms with E-state index in [1.165, 1.54) is 11.1 Å². The normalized spacial score (nSPS) is 15.5. The lowest BCUT2D eigenvalue weighted by Crippen LogP contribution is -2.50. The van der Waals surface area contributed by atoms with Crippen LogP contribution in [0.5, 0.6) is 0 Å². The summed E-state index contributed by atoms with van der Waals surface area (Å²) < 4.78 is 0. The van der Waals surface area contributed by atoms with E-state index in [1.807, 2.05) is 22.9 Å². The summed E-state index contributed by atoms with van der Waals surface area (Å²) in [7, 11) is 1.99. The van der Waals surface area contributed by atoms with Crippen molar-refractivity contribution in [2.45, 2.75) is 13.5 Å². The van der Waals surface area contributed by atoms with Gasteiger partial charge in [-0.05, 0) is 47.0 Å². The van der Waals surface area contributed by atoms with Crippen molar-refractivity contribution in [3.8, 4) is 0 Å². The second kappa shape index (κ2) is 7.81. The summed E-state index contributed by atoms with van der Waals surface area (Å²) >= 11 is 1.74. The molecule has 0 spiro atoms. The van der Waals surface area contributed by atoms with Crippen LogP contribution in [0.4, 0.5) is 5.69 Å². The Morgan fingerprint density at radius 1 is 1.21 bits per heavy atom. The Labute approximate surface area is 148 Å². The highest BCUT2D eigenvalue weighted by molar-refractivity contribution is 7.07. The van der Waals surface area contributed by atoms with Crippen LogP contribution in [0.1, 0.15) is 11.1 Å². The van der Waals surface area contributed by atoms with Crippen LogP contribution < -0.4 is 4.90 Å². The van der Waals surface area contributed by atoms with Crippen LogP contribution in [0.2, 0.25) is 0 Å². The van der Waals surface area contributed by atoms with E-state index >= 15 is 0 Å². The first-order valence-corrected chi connectivity index (χ1v) is 9.35. The van der Waals surface area contributed by atoms with Gasteiger partial charge in [-0.25, -0.2) is 0 Å². The molecule has 1 fully saturated rings. The molecule has 0 radical (unpaired) electrons. The third kappa shape index (κ3) is 4.36. The van der Waals surface area contributed by atoms with Crippen molar-refractivity contribution in [1.29, 1.82) is 0 Å². The molecule has 0 saturated carbocycles. The molecule has 0 unspecified atom stereocenters. The number of carbonyl (C=O) groups excluding carboxylic acids is 1. The summed E-state index contributed by atoms with van der Waals surface area (Å²) in [6.07, 6.45) is 0. The maximum Gasteiger partial charge on any atom is 0.242 e. The van der Waals surface area contributed by atoms with Crippen LogP contribution in [-0.2, 0) is 11.3 Å². The molecule has 2 heterocycles. The summed E-state index contributed by atoms with van der Waals surface area (Å²) in [5.74, 6) is 0.217. The lowest BCUT2D eigenvalue weighted by atomic mass is 10.2. The smallest absolute Gasteiger partial charge is 0.242 e. The molecule has 0 N–H and O–H groups in total. The third-order valence-electron chi connectivity index (χ3n) is 4.53. The molecule has 1 aliphatic rings. The van der Waals surface area contributed by atoms with E-state index in [0.29, 0.717) is 6.54 Å². The molecule has 1 saturated heterocycles. The first-order chi connectivity index (χ1) is 11.6. The minimum atomic E-state index is 0.217. The number of hydrogen-bond acceptors (Lipinski definition) is 4. The van der Waals surface area contributed by atoms with Crippen LogP contribution in [0.15, 0.2) is 41.1 Å². The molecule has 5 heteroatoms. The summed E-state index contributed by atoms with van der Waals surface area (Å²) in [6, 6.07) is 10.5. The molecule has 0 aliphatic carbocycles. The van der Waals surface area contributed by atoms with Gasteiger partial charge in [-0.3, -0.25) is 9.69 Å². The molecule has 0 atom stereocenters. The fraction of sp³-hybridized carbons (Fsp3) is 0.421.